The normalized spacial score (nSPS) is 10.8. The molecule has 0 bridgehead atoms. The minimum atomic E-state index is 0.0120. The number of aliphatic hydroxyl groups excluding tert-OH is 1. The van der Waals surface area contributed by atoms with Crippen LogP contribution in [0.5, 0.6) is 5.75 Å². The van der Waals surface area contributed by atoms with Crippen LogP contribution in [0.4, 0.5) is 5.82 Å². The molecule has 22 heavy (non-hydrogen) atoms. The van der Waals surface area contributed by atoms with Gasteiger partial charge in [-0.2, -0.15) is 5.10 Å². The van der Waals surface area contributed by atoms with E-state index in [1.165, 1.54) is 6.33 Å². The van der Waals surface area contributed by atoms with Crippen molar-refractivity contribution in [3.05, 3.63) is 42.4 Å². The van der Waals surface area contributed by atoms with Crippen LogP contribution in [-0.2, 0) is 13.6 Å². The SMILES string of the molecule is Cn1ncc2c(NCc3ccc(OCCO)cc3)ncnc21. The Hall–Kier alpha value is -2.67. The first-order chi connectivity index (χ1) is 10.8. The molecule has 3 aromatic rings. The number of rotatable bonds is 6. The van der Waals surface area contributed by atoms with Crippen molar-refractivity contribution in [1.29, 1.82) is 0 Å². The summed E-state index contributed by atoms with van der Waals surface area (Å²) in [7, 11) is 1.85. The summed E-state index contributed by atoms with van der Waals surface area (Å²) in [5.74, 6) is 1.51. The van der Waals surface area contributed by atoms with Crippen molar-refractivity contribution in [3.63, 3.8) is 0 Å². The van der Waals surface area contributed by atoms with Crippen molar-refractivity contribution in [2.75, 3.05) is 18.5 Å². The Balaban J connectivity index is 1.68. The first-order valence-electron chi connectivity index (χ1n) is 6.97. The summed E-state index contributed by atoms with van der Waals surface area (Å²) in [4.78, 5) is 8.47. The molecule has 0 aliphatic heterocycles. The zero-order chi connectivity index (χ0) is 15.4. The molecule has 0 atom stereocenters. The minimum Gasteiger partial charge on any atom is -0.491 e. The lowest BCUT2D eigenvalue weighted by Gasteiger charge is -2.08. The summed E-state index contributed by atoms with van der Waals surface area (Å²) < 4.78 is 7.05. The van der Waals surface area contributed by atoms with Gasteiger partial charge in [0.25, 0.3) is 0 Å². The fraction of sp³-hybridized carbons (Fsp3) is 0.267. The summed E-state index contributed by atoms with van der Waals surface area (Å²) in [6, 6.07) is 7.71. The van der Waals surface area contributed by atoms with E-state index in [-0.39, 0.29) is 6.61 Å². The highest BCUT2D eigenvalue weighted by Crippen LogP contribution is 2.19. The molecular formula is C15H17N5O2. The van der Waals surface area contributed by atoms with Gasteiger partial charge in [-0.1, -0.05) is 12.1 Å². The molecule has 0 saturated carbocycles. The fourth-order valence-corrected chi connectivity index (χ4v) is 2.16. The number of nitrogens with zero attached hydrogens (tertiary/aromatic N) is 4. The molecule has 0 spiro atoms. The summed E-state index contributed by atoms with van der Waals surface area (Å²) in [5, 5.41) is 17.1. The number of aryl methyl sites for hydroxylation is 1. The molecule has 0 radical (unpaired) electrons. The van der Waals surface area contributed by atoms with Crippen LogP contribution in [-0.4, -0.2) is 38.1 Å². The Morgan fingerprint density at radius 2 is 2.05 bits per heavy atom. The minimum absolute atomic E-state index is 0.0120. The van der Waals surface area contributed by atoms with Crippen LogP contribution in [0.3, 0.4) is 0 Å². The van der Waals surface area contributed by atoms with Gasteiger partial charge >= 0.3 is 0 Å². The molecule has 7 nitrogen and oxygen atoms in total. The van der Waals surface area contributed by atoms with Crippen LogP contribution in [0.25, 0.3) is 11.0 Å². The number of benzene rings is 1. The molecule has 7 heteroatoms. The first kappa shape index (κ1) is 14.3. The fourth-order valence-electron chi connectivity index (χ4n) is 2.16. The summed E-state index contributed by atoms with van der Waals surface area (Å²) in [6.07, 6.45) is 3.28. The van der Waals surface area contributed by atoms with Crippen molar-refractivity contribution >= 4 is 16.9 Å². The van der Waals surface area contributed by atoms with Gasteiger partial charge in [-0.25, -0.2) is 9.97 Å². The molecule has 2 heterocycles. The van der Waals surface area contributed by atoms with Crippen molar-refractivity contribution in [2.24, 2.45) is 7.05 Å². The smallest absolute Gasteiger partial charge is 0.163 e. The van der Waals surface area contributed by atoms with E-state index in [4.69, 9.17) is 9.84 Å². The third kappa shape index (κ3) is 2.99. The second kappa shape index (κ2) is 6.40. The number of aromatic nitrogens is 4. The summed E-state index contributed by atoms with van der Waals surface area (Å²) in [6.45, 7) is 0.955. The zero-order valence-electron chi connectivity index (χ0n) is 12.2. The third-order valence-electron chi connectivity index (χ3n) is 3.27. The van der Waals surface area contributed by atoms with Gasteiger partial charge in [-0.05, 0) is 17.7 Å². The summed E-state index contributed by atoms with van der Waals surface area (Å²) in [5.41, 5.74) is 1.90. The Labute approximate surface area is 127 Å². The second-order valence-corrected chi connectivity index (χ2v) is 4.80. The van der Waals surface area contributed by atoms with Gasteiger partial charge in [0.15, 0.2) is 5.65 Å². The molecule has 0 saturated heterocycles. The highest BCUT2D eigenvalue weighted by molar-refractivity contribution is 5.85. The van der Waals surface area contributed by atoms with E-state index >= 15 is 0 Å². The number of aliphatic hydroxyl groups is 1. The third-order valence-corrected chi connectivity index (χ3v) is 3.27. The topological polar surface area (TPSA) is 85.1 Å². The van der Waals surface area contributed by atoms with Crippen LogP contribution in [0.1, 0.15) is 5.56 Å². The Kier molecular flexibility index (Phi) is 4.15. The maximum atomic E-state index is 8.73. The zero-order valence-corrected chi connectivity index (χ0v) is 12.2. The highest BCUT2D eigenvalue weighted by Gasteiger charge is 2.07. The molecular weight excluding hydrogens is 282 g/mol. The van der Waals surface area contributed by atoms with Crippen LogP contribution in [0.15, 0.2) is 36.8 Å². The first-order valence-corrected chi connectivity index (χ1v) is 6.97. The highest BCUT2D eigenvalue weighted by atomic mass is 16.5. The number of nitrogens with one attached hydrogen (secondary N) is 1. The molecule has 0 fully saturated rings. The lowest BCUT2D eigenvalue weighted by atomic mass is 10.2. The van der Waals surface area contributed by atoms with E-state index in [0.29, 0.717) is 13.2 Å². The number of hydrogen-bond acceptors (Lipinski definition) is 6. The van der Waals surface area contributed by atoms with Gasteiger partial charge in [-0.15, -0.1) is 0 Å². The van der Waals surface area contributed by atoms with Gasteiger partial charge in [0.1, 0.15) is 24.5 Å². The number of ether oxygens (including phenoxy) is 1. The molecule has 0 aliphatic rings. The molecule has 0 amide bonds. The average molecular weight is 299 g/mol. The maximum Gasteiger partial charge on any atom is 0.163 e. The van der Waals surface area contributed by atoms with E-state index in [1.54, 1.807) is 10.9 Å². The van der Waals surface area contributed by atoms with Crippen molar-refractivity contribution in [3.8, 4) is 5.75 Å². The van der Waals surface area contributed by atoms with E-state index in [0.717, 1.165) is 28.2 Å². The number of hydrogen-bond donors (Lipinski definition) is 2. The lowest BCUT2D eigenvalue weighted by molar-refractivity contribution is 0.201. The largest absolute Gasteiger partial charge is 0.491 e. The number of fused-ring (bicyclic) bond motifs is 1. The van der Waals surface area contributed by atoms with E-state index < -0.39 is 0 Å². The quantitative estimate of drug-likeness (QED) is 0.714. The van der Waals surface area contributed by atoms with Crippen molar-refractivity contribution in [1.82, 2.24) is 19.7 Å². The van der Waals surface area contributed by atoms with Crippen LogP contribution >= 0.6 is 0 Å². The predicted molar refractivity (Wildman–Crippen MR) is 82.7 cm³/mol. The Morgan fingerprint density at radius 3 is 2.82 bits per heavy atom. The average Bonchev–Trinajstić information content (AvgIpc) is 2.94. The van der Waals surface area contributed by atoms with Gasteiger partial charge < -0.3 is 15.2 Å². The molecule has 2 aromatic heterocycles. The standard InChI is InChI=1S/C15H17N5O2/c1-20-15-13(9-19-20)14(17-10-18-15)16-8-11-2-4-12(5-3-11)22-7-6-21/h2-5,9-10,21H,6-8H2,1H3,(H,16,17,18). The molecule has 0 unspecified atom stereocenters. The molecule has 3 rings (SSSR count). The van der Waals surface area contributed by atoms with Crippen molar-refractivity contribution < 1.29 is 9.84 Å². The predicted octanol–water partition coefficient (Wildman–Crippen LogP) is 1.35. The van der Waals surface area contributed by atoms with Crippen LogP contribution in [0.2, 0.25) is 0 Å². The van der Waals surface area contributed by atoms with Crippen LogP contribution in [0, 0.1) is 0 Å². The summed E-state index contributed by atoms with van der Waals surface area (Å²) >= 11 is 0. The Morgan fingerprint density at radius 1 is 1.23 bits per heavy atom. The van der Waals surface area contributed by atoms with Crippen molar-refractivity contribution in [2.45, 2.75) is 6.54 Å². The number of anilines is 1. The Bertz CT molecular complexity index is 754. The van der Waals surface area contributed by atoms with E-state index in [1.807, 2.05) is 31.3 Å². The second-order valence-electron chi connectivity index (χ2n) is 4.80. The van der Waals surface area contributed by atoms with E-state index in [2.05, 4.69) is 20.4 Å². The monoisotopic (exact) mass is 299 g/mol. The lowest BCUT2D eigenvalue weighted by Crippen LogP contribution is -2.04. The van der Waals surface area contributed by atoms with Gasteiger partial charge in [0.05, 0.1) is 18.2 Å². The van der Waals surface area contributed by atoms with Gasteiger partial charge in [0, 0.05) is 13.6 Å². The molecule has 0 aliphatic carbocycles. The van der Waals surface area contributed by atoms with Gasteiger partial charge in [0.2, 0.25) is 0 Å². The maximum absolute atomic E-state index is 8.73. The molecule has 1 aromatic carbocycles. The van der Waals surface area contributed by atoms with E-state index in [9.17, 15) is 0 Å². The van der Waals surface area contributed by atoms with Crippen LogP contribution < -0.4 is 10.1 Å². The molecule has 2 N–H and O–H groups in total. The van der Waals surface area contributed by atoms with Gasteiger partial charge in [-0.3, -0.25) is 4.68 Å². The molecule has 114 valence electrons.